The SMILES string of the molecule is CC(CCl)NC(=O)c1ccc(F)cc1. The van der Waals surface area contributed by atoms with Crippen molar-refractivity contribution in [3.63, 3.8) is 0 Å². The van der Waals surface area contributed by atoms with Crippen LogP contribution in [0.5, 0.6) is 0 Å². The summed E-state index contributed by atoms with van der Waals surface area (Å²) < 4.78 is 12.5. The van der Waals surface area contributed by atoms with Gasteiger partial charge >= 0.3 is 0 Å². The lowest BCUT2D eigenvalue weighted by Gasteiger charge is -2.09. The zero-order valence-electron chi connectivity index (χ0n) is 7.76. The minimum Gasteiger partial charge on any atom is -0.348 e. The molecule has 0 aliphatic carbocycles. The molecular formula is C10H11ClFNO. The number of carbonyl (C=O) groups excluding carboxylic acids is 1. The zero-order valence-corrected chi connectivity index (χ0v) is 8.51. The van der Waals surface area contributed by atoms with Crippen molar-refractivity contribution in [1.82, 2.24) is 5.32 Å². The molecule has 1 atom stereocenters. The second-order valence-corrected chi connectivity index (χ2v) is 3.34. The first-order valence-electron chi connectivity index (χ1n) is 4.26. The Morgan fingerprint density at radius 3 is 2.57 bits per heavy atom. The monoisotopic (exact) mass is 215 g/mol. The van der Waals surface area contributed by atoms with Gasteiger partial charge in [0.1, 0.15) is 5.82 Å². The van der Waals surface area contributed by atoms with Crippen LogP contribution in [0.1, 0.15) is 17.3 Å². The molecule has 0 spiro atoms. The summed E-state index contributed by atoms with van der Waals surface area (Å²) in [6.45, 7) is 1.80. The Morgan fingerprint density at radius 1 is 1.50 bits per heavy atom. The lowest BCUT2D eigenvalue weighted by atomic mass is 10.2. The third kappa shape index (κ3) is 3.00. The van der Waals surface area contributed by atoms with E-state index < -0.39 is 0 Å². The highest BCUT2D eigenvalue weighted by molar-refractivity contribution is 6.18. The summed E-state index contributed by atoms with van der Waals surface area (Å²) in [5, 5.41) is 2.67. The van der Waals surface area contributed by atoms with Crippen LogP contribution in [-0.2, 0) is 0 Å². The Labute approximate surface area is 87.1 Å². The highest BCUT2D eigenvalue weighted by Gasteiger charge is 2.08. The number of amides is 1. The van der Waals surface area contributed by atoms with E-state index in [2.05, 4.69) is 5.32 Å². The molecule has 0 radical (unpaired) electrons. The number of rotatable bonds is 3. The molecule has 0 aliphatic heterocycles. The molecule has 2 nitrogen and oxygen atoms in total. The number of carbonyl (C=O) groups is 1. The van der Waals surface area contributed by atoms with Crippen LogP contribution in [0.15, 0.2) is 24.3 Å². The van der Waals surface area contributed by atoms with Crippen LogP contribution < -0.4 is 5.32 Å². The average molecular weight is 216 g/mol. The van der Waals surface area contributed by atoms with Gasteiger partial charge in [0.15, 0.2) is 0 Å². The fraction of sp³-hybridized carbons (Fsp3) is 0.300. The lowest BCUT2D eigenvalue weighted by molar-refractivity contribution is 0.0943. The fourth-order valence-electron chi connectivity index (χ4n) is 0.947. The molecule has 0 bridgehead atoms. The first-order valence-corrected chi connectivity index (χ1v) is 4.79. The zero-order chi connectivity index (χ0) is 10.6. The Balaban J connectivity index is 2.65. The van der Waals surface area contributed by atoms with Crippen molar-refractivity contribution in [2.75, 3.05) is 5.88 Å². The van der Waals surface area contributed by atoms with Gasteiger partial charge < -0.3 is 5.32 Å². The van der Waals surface area contributed by atoms with Gasteiger partial charge in [0.05, 0.1) is 0 Å². The van der Waals surface area contributed by atoms with E-state index in [0.717, 1.165) is 0 Å². The molecule has 1 amide bonds. The fourth-order valence-corrected chi connectivity index (χ4v) is 1.02. The third-order valence-corrected chi connectivity index (χ3v) is 2.18. The molecule has 4 heteroatoms. The molecule has 0 aliphatic rings. The van der Waals surface area contributed by atoms with Crippen molar-refractivity contribution in [2.45, 2.75) is 13.0 Å². The van der Waals surface area contributed by atoms with Gasteiger partial charge in [-0.25, -0.2) is 4.39 Å². The molecule has 1 rings (SSSR count). The van der Waals surface area contributed by atoms with Gasteiger partial charge in [0, 0.05) is 17.5 Å². The highest BCUT2D eigenvalue weighted by atomic mass is 35.5. The Morgan fingerprint density at radius 2 is 2.07 bits per heavy atom. The summed E-state index contributed by atoms with van der Waals surface area (Å²) in [5.74, 6) is -0.238. The maximum absolute atomic E-state index is 12.5. The van der Waals surface area contributed by atoms with Gasteiger partial charge in [-0.2, -0.15) is 0 Å². The van der Waals surface area contributed by atoms with E-state index >= 15 is 0 Å². The van der Waals surface area contributed by atoms with Crippen LogP contribution in [0.25, 0.3) is 0 Å². The Kier molecular flexibility index (Phi) is 3.89. The van der Waals surface area contributed by atoms with E-state index in [0.29, 0.717) is 11.4 Å². The topological polar surface area (TPSA) is 29.1 Å². The van der Waals surface area contributed by atoms with Gasteiger partial charge in [0.2, 0.25) is 0 Å². The molecule has 0 aromatic heterocycles. The smallest absolute Gasteiger partial charge is 0.251 e. The lowest BCUT2D eigenvalue weighted by Crippen LogP contribution is -2.33. The Bertz CT molecular complexity index is 312. The van der Waals surface area contributed by atoms with E-state index in [-0.39, 0.29) is 17.8 Å². The van der Waals surface area contributed by atoms with E-state index in [1.807, 2.05) is 0 Å². The van der Waals surface area contributed by atoms with Gasteiger partial charge in [-0.1, -0.05) is 0 Å². The number of hydrogen-bond acceptors (Lipinski definition) is 1. The molecule has 0 saturated heterocycles. The molecule has 76 valence electrons. The number of halogens is 2. The van der Waals surface area contributed by atoms with Crippen LogP contribution in [0.4, 0.5) is 4.39 Å². The minimum atomic E-state index is -0.355. The summed E-state index contributed by atoms with van der Waals surface area (Å²) in [4.78, 5) is 11.4. The van der Waals surface area contributed by atoms with Gasteiger partial charge in [0.25, 0.3) is 5.91 Å². The largest absolute Gasteiger partial charge is 0.348 e. The number of hydrogen-bond donors (Lipinski definition) is 1. The van der Waals surface area contributed by atoms with Crippen molar-refractivity contribution >= 4 is 17.5 Å². The molecule has 1 N–H and O–H groups in total. The number of nitrogens with one attached hydrogen (secondary N) is 1. The number of benzene rings is 1. The predicted octanol–water partition coefficient (Wildman–Crippen LogP) is 2.18. The van der Waals surface area contributed by atoms with Crippen LogP contribution >= 0.6 is 11.6 Å². The van der Waals surface area contributed by atoms with Crippen molar-refractivity contribution in [2.24, 2.45) is 0 Å². The summed E-state index contributed by atoms with van der Waals surface area (Å²) in [6.07, 6.45) is 0. The van der Waals surface area contributed by atoms with Crippen LogP contribution in [0, 0.1) is 5.82 Å². The summed E-state index contributed by atoms with van der Waals surface area (Å²) in [5.41, 5.74) is 0.434. The van der Waals surface area contributed by atoms with Gasteiger partial charge in [-0.05, 0) is 31.2 Å². The maximum Gasteiger partial charge on any atom is 0.251 e. The second kappa shape index (κ2) is 4.96. The Hall–Kier alpha value is -1.09. The van der Waals surface area contributed by atoms with E-state index in [9.17, 15) is 9.18 Å². The summed E-state index contributed by atoms with van der Waals surface area (Å²) >= 11 is 5.53. The van der Waals surface area contributed by atoms with Crippen LogP contribution in [0.2, 0.25) is 0 Å². The highest BCUT2D eigenvalue weighted by Crippen LogP contribution is 2.03. The van der Waals surface area contributed by atoms with Crippen LogP contribution in [-0.4, -0.2) is 17.8 Å². The number of alkyl halides is 1. The minimum absolute atomic E-state index is 0.0887. The van der Waals surface area contributed by atoms with Gasteiger partial charge in [-0.15, -0.1) is 11.6 Å². The molecular weight excluding hydrogens is 205 g/mol. The molecule has 1 unspecified atom stereocenters. The quantitative estimate of drug-likeness (QED) is 0.770. The van der Waals surface area contributed by atoms with Crippen molar-refractivity contribution in [3.05, 3.63) is 35.6 Å². The molecule has 1 aromatic carbocycles. The summed E-state index contributed by atoms with van der Waals surface area (Å²) in [6, 6.07) is 5.28. The first-order chi connectivity index (χ1) is 6.63. The molecule has 14 heavy (non-hydrogen) atoms. The van der Waals surface area contributed by atoms with E-state index in [1.54, 1.807) is 6.92 Å². The maximum atomic E-state index is 12.5. The predicted molar refractivity (Wildman–Crippen MR) is 54.0 cm³/mol. The van der Waals surface area contributed by atoms with Crippen molar-refractivity contribution in [1.29, 1.82) is 0 Å². The molecule has 0 fully saturated rings. The molecule has 1 aromatic rings. The average Bonchev–Trinajstić information content (AvgIpc) is 2.18. The first kappa shape index (κ1) is 11.0. The molecule has 0 heterocycles. The van der Waals surface area contributed by atoms with Crippen molar-refractivity contribution < 1.29 is 9.18 Å². The van der Waals surface area contributed by atoms with Gasteiger partial charge in [-0.3, -0.25) is 4.79 Å². The third-order valence-electron chi connectivity index (χ3n) is 1.72. The summed E-state index contributed by atoms with van der Waals surface area (Å²) in [7, 11) is 0. The molecule has 0 saturated carbocycles. The van der Waals surface area contributed by atoms with Crippen molar-refractivity contribution in [3.8, 4) is 0 Å². The van der Waals surface area contributed by atoms with E-state index in [4.69, 9.17) is 11.6 Å². The van der Waals surface area contributed by atoms with E-state index in [1.165, 1.54) is 24.3 Å². The van der Waals surface area contributed by atoms with Crippen LogP contribution in [0.3, 0.4) is 0 Å². The normalized spacial score (nSPS) is 12.2. The second-order valence-electron chi connectivity index (χ2n) is 3.04. The standard InChI is InChI=1S/C10H11ClFNO/c1-7(6-11)13-10(14)8-2-4-9(12)5-3-8/h2-5,7H,6H2,1H3,(H,13,14).